The molecule has 6 nitrogen and oxygen atoms in total. The lowest BCUT2D eigenvalue weighted by molar-refractivity contribution is -0.121. The number of hydrogen-bond donors (Lipinski definition) is 0. The highest BCUT2D eigenvalue weighted by atomic mass is 16.5. The van der Waals surface area contributed by atoms with Gasteiger partial charge in [-0.1, -0.05) is 18.2 Å². The molecule has 0 amide bonds. The number of allylic oxidation sites excluding steroid dienone is 4. The SMILES string of the molecule is COC1=CCC(/C=C/C(=O)CC(=O)/C=C/c2ccc(OC)c(OC)c2)CC1OC. The molecular weight excluding hydrogens is 372 g/mol. The highest BCUT2D eigenvalue weighted by Gasteiger charge is 2.23. The number of hydrogen-bond acceptors (Lipinski definition) is 6. The summed E-state index contributed by atoms with van der Waals surface area (Å²) in [5, 5.41) is 0. The lowest BCUT2D eigenvalue weighted by Crippen LogP contribution is -2.23. The molecule has 2 rings (SSSR count). The molecule has 0 heterocycles. The van der Waals surface area contributed by atoms with Gasteiger partial charge in [-0.2, -0.15) is 0 Å². The fraction of sp³-hybridized carbons (Fsp3) is 0.391. The van der Waals surface area contributed by atoms with Gasteiger partial charge in [0.2, 0.25) is 0 Å². The topological polar surface area (TPSA) is 71.1 Å². The van der Waals surface area contributed by atoms with Gasteiger partial charge in [-0.25, -0.2) is 0 Å². The zero-order valence-corrected chi connectivity index (χ0v) is 17.3. The van der Waals surface area contributed by atoms with E-state index in [0.29, 0.717) is 11.5 Å². The number of methoxy groups -OCH3 is 4. The average Bonchev–Trinajstić information content (AvgIpc) is 2.75. The van der Waals surface area contributed by atoms with Crippen LogP contribution in [0.2, 0.25) is 0 Å². The second-order valence-corrected chi connectivity index (χ2v) is 6.68. The van der Waals surface area contributed by atoms with Crippen LogP contribution in [0.4, 0.5) is 0 Å². The molecule has 156 valence electrons. The summed E-state index contributed by atoms with van der Waals surface area (Å²) in [4.78, 5) is 24.2. The molecule has 1 aromatic carbocycles. The summed E-state index contributed by atoms with van der Waals surface area (Å²) in [7, 11) is 6.37. The molecule has 0 fully saturated rings. The minimum Gasteiger partial charge on any atom is -0.499 e. The number of ether oxygens (including phenoxy) is 4. The Morgan fingerprint density at radius 1 is 1.00 bits per heavy atom. The van der Waals surface area contributed by atoms with E-state index in [9.17, 15) is 9.59 Å². The second kappa shape index (κ2) is 11.2. The number of carbonyl (C=O) groups is 2. The zero-order chi connectivity index (χ0) is 21.2. The number of ketones is 2. The Bertz CT molecular complexity index is 806. The molecular formula is C23H28O6. The Hall–Kier alpha value is -2.86. The van der Waals surface area contributed by atoms with Gasteiger partial charge in [0.05, 0.1) is 27.8 Å². The summed E-state index contributed by atoms with van der Waals surface area (Å²) < 4.78 is 21.1. The molecule has 1 aromatic rings. The van der Waals surface area contributed by atoms with Crippen molar-refractivity contribution in [3.05, 3.63) is 53.8 Å². The largest absolute Gasteiger partial charge is 0.499 e. The van der Waals surface area contributed by atoms with Gasteiger partial charge in [0, 0.05) is 7.11 Å². The molecule has 0 aromatic heterocycles. The second-order valence-electron chi connectivity index (χ2n) is 6.68. The summed E-state index contributed by atoms with van der Waals surface area (Å²) >= 11 is 0. The van der Waals surface area contributed by atoms with Crippen LogP contribution in [0.3, 0.4) is 0 Å². The Morgan fingerprint density at radius 2 is 1.72 bits per heavy atom. The smallest absolute Gasteiger partial charge is 0.163 e. The van der Waals surface area contributed by atoms with Crippen LogP contribution in [0.15, 0.2) is 48.3 Å². The van der Waals surface area contributed by atoms with E-state index in [2.05, 4.69) is 0 Å². The molecule has 0 spiro atoms. The summed E-state index contributed by atoms with van der Waals surface area (Å²) in [6.45, 7) is 0. The Morgan fingerprint density at radius 3 is 2.38 bits per heavy atom. The van der Waals surface area contributed by atoms with Crippen molar-refractivity contribution in [3.8, 4) is 11.5 Å². The third kappa shape index (κ3) is 6.61. The summed E-state index contributed by atoms with van der Waals surface area (Å²) in [5.74, 6) is 1.71. The molecule has 0 aliphatic heterocycles. The number of rotatable bonds is 10. The van der Waals surface area contributed by atoms with Crippen molar-refractivity contribution in [2.24, 2.45) is 5.92 Å². The Balaban J connectivity index is 1.89. The van der Waals surface area contributed by atoms with Gasteiger partial charge in [0.15, 0.2) is 23.1 Å². The fourth-order valence-corrected chi connectivity index (χ4v) is 3.15. The van der Waals surface area contributed by atoms with E-state index in [4.69, 9.17) is 18.9 Å². The van der Waals surface area contributed by atoms with Crippen LogP contribution in [0.5, 0.6) is 11.5 Å². The summed E-state index contributed by atoms with van der Waals surface area (Å²) in [6.07, 6.45) is 9.63. The molecule has 0 N–H and O–H groups in total. The van der Waals surface area contributed by atoms with Crippen LogP contribution >= 0.6 is 0 Å². The van der Waals surface area contributed by atoms with Crippen molar-refractivity contribution in [1.82, 2.24) is 0 Å². The van der Waals surface area contributed by atoms with Gasteiger partial charge < -0.3 is 18.9 Å². The Kier molecular flexibility index (Phi) is 8.68. The highest BCUT2D eigenvalue weighted by Crippen LogP contribution is 2.28. The van der Waals surface area contributed by atoms with Gasteiger partial charge >= 0.3 is 0 Å². The van der Waals surface area contributed by atoms with Crippen molar-refractivity contribution in [2.75, 3.05) is 28.4 Å². The van der Waals surface area contributed by atoms with Gasteiger partial charge in [-0.3, -0.25) is 9.59 Å². The predicted molar refractivity (Wildman–Crippen MR) is 111 cm³/mol. The molecule has 2 atom stereocenters. The van der Waals surface area contributed by atoms with Crippen LogP contribution in [0.1, 0.15) is 24.8 Å². The predicted octanol–water partition coefficient (Wildman–Crippen LogP) is 3.76. The standard InChI is InChI=1S/C23H28O6/c1-26-20-11-7-16(13-22(20)28-3)5-9-18(24)15-19(25)10-6-17-8-12-21(27-2)23(14-17)29-4/h5-7,9-13,17,23H,8,14-15H2,1-4H3/b9-5+,10-6+. The zero-order valence-electron chi connectivity index (χ0n) is 17.3. The Labute approximate surface area is 171 Å². The first-order valence-corrected chi connectivity index (χ1v) is 9.41. The van der Waals surface area contributed by atoms with Crippen LogP contribution in [0, 0.1) is 5.92 Å². The van der Waals surface area contributed by atoms with Crippen molar-refractivity contribution < 1.29 is 28.5 Å². The van der Waals surface area contributed by atoms with Gasteiger partial charge in [-0.15, -0.1) is 0 Å². The first-order chi connectivity index (χ1) is 14.0. The van der Waals surface area contributed by atoms with E-state index in [1.165, 1.54) is 12.2 Å². The van der Waals surface area contributed by atoms with Gasteiger partial charge in [0.25, 0.3) is 0 Å². The normalized spacial score (nSPS) is 19.2. The van der Waals surface area contributed by atoms with Gasteiger partial charge in [-0.05, 0) is 54.7 Å². The maximum atomic E-state index is 12.1. The maximum absolute atomic E-state index is 12.1. The first kappa shape index (κ1) is 22.4. The van der Waals surface area contributed by atoms with E-state index >= 15 is 0 Å². The molecule has 29 heavy (non-hydrogen) atoms. The van der Waals surface area contributed by atoms with Crippen molar-refractivity contribution in [2.45, 2.75) is 25.4 Å². The van der Waals surface area contributed by atoms with E-state index in [1.54, 1.807) is 46.6 Å². The van der Waals surface area contributed by atoms with Crippen molar-refractivity contribution in [3.63, 3.8) is 0 Å². The van der Waals surface area contributed by atoms with E-state index < -0.39 is 0 Å². The molecule has 1 aliphatic rings. The van der Waals surface area contributed by atoms with Gasteiger partial charge in [0.1, 0.15) is 11.9 Å². The van der Waals surface area contributed by atoms with Crippen LogP contribution in [-0.4, -0.2) is 46.1 Å². The monoisotopic (exact) mass is 400 g/mol. The summed E-state index contributed by atoms with van der Waals surface area (Å²) in [6, 6.07) is 5.34. The van der Waals surface area contributed by atoms with Crippen LogP contribution in [0.25, 0.3) is 6.08 Å². The van der Waals surface area contributed by atoms with Crippen molar-refractivity contribution in [1.29, 1.82) is 0 Å². The molecule has 0 saturated carbocycles. The third-order valence-corrected chi connectivity index (χ3v) is 4.75. The van der Waals surface area contributed by atoms with E-state index in [0.717, 1.165) is 24.2 Å². The quantitative estimate of drug-likeness (QED) is 0.440. The fourth-order valence-electron chi connectivity index (χ4n) is 3.15. The maximum Gasteiger partial charge on any atom is 0.163 e. The van der Waals surface area contributed by atoms with Crippen LogP contribution < -0.4 is 9.47 Å². The molecule has 6 heteroatoms. The number of carbonyl (C=O) groups excluding carboxylic acids is 2. The van der Waals surface area contributed by atoms with E-state index in [-0.39, 0.29) is 30.0 Å². The molecule has 0 bridgehead atoms. The lowest BCUT2D eigenvalue weighted by atomic mass is 9.90. The minimum absolute atomic E-state index is 0.107. The molecule has 0 saturated heterocycles. The molecule has 0 radical (unpaired) electrons. The molecule has 1 aliphatic carbocycles. The number of benzene rings is 1. The average molecular weight is 400 g/mol. The molecule has 2 unspecified atom stereocenters. The third-order valence-electron chi connectivity index (χ3n) is 4.75. The summed E-state index contributed by atoms with van der Waals surface area (Å²) in [5.41, 5.74) is 0.785. The minimum atomic E-state index is -0.255. The first-order valence-electron chi connectivity index (χ1n) is 9.41. The van der Waals surface area contributed by atoms with Crippen LogP contribution in [-0.2, 0) is 19.1 Å². The lowest BCUT2D eigenvalue weighted by Gasteiger charge is -2.26. The van der Waals surface area contributed by atoms with Crippen molar-refractivity contribution >= 4 is 17.6 Å². The van der Waals surface area contributed by atoms with E-state index in [1.807, 2.05) is 18.2 Å². The highest BCUT2D eigenvalue weighted by molar-refractivity contribution is 6.09.